The molecule has 2 rings (SSSR count). The number of thiazole rings is 1. The Labute approximate surface area is 93.0 Å². The first-order chi connectivity index (χ1) is 7.20. The van der Waals surface area contributed by atoms with Gasteiger partial charge in [0.2, 0.25) is 0 Å². The molecule has 0 fully saturated rings. The number of nitrogens with zero attached hydrogens (tertiary/aromatic N) is 3. The van der Waals surface area contributed by atoms with Crippen molar-refractivity contribution < 1.29 is 0 Å². The second-order valence-corrected chi connectivity index (χ2v) is 4.39. The van der Waals surface area contributed by atoms with Gasteiger partial charge in [0.25, 0.3) is 0 Å². The van der Waals surface area contributed by atoms with Crippen LogP contribution in [0.15, 0.2) is 17.8 Å². The summed E-state index contributed by atoms with van der Waals surface area (Å²) in [6.45, 7) is 2.01. The summed E-state index contributed by atoms with van der Waals surface area (Å²) in [5.74, 6) is 0. The van der Waals surface area contributed by atoms with Crippen LogP contribution in [-0.2, 0) is 7.05 Å². The molecule has 0 saturated heterocycles. The first-order valence-corrected chi connectivity index (χ1v) is 5.66. The third kappa shape index (κ3) is 2.08. The maximum Gasteiger partial charge on any atom is 0.114 e. The summed E-state index contributed by atoms with van der Waals surface area (Å²) in [7, 11) is 3.86. The highest BCUT2D eigenvalue weighted by molar-refractivity contribution is 7.09. The van der Waals surface area contributed by atoms with Crippen LogP contribution in [0.2, 0.25) is 0 Å². The van der Waals surface area contributed by atoms with E-state index in [-0.39, 0.29) is 6.04 Å². The molecule has 1 unspecified atom stereocenters. The van der Waals surface area contributed by atoms with Crippen molar-refractivity contribution >= 4 is 11.3 Å². The molecule has 1 N–H and O–H groups in total. The Hall–Kier alpha value is -1.20. The maximum atomic E-state index is 4.49. The predicted octanol–water partition coefficient (Wildman–Crippen LogP) is 1.49. The van der Waals surface area contributed by atoms with Gasteiger partial charge in [0.1, 0.15) is 5.01 Å². The summed E-state index contributed by atoms with van der Waals surface area (Å²) in [4.78, 5) is 4.49. The number of hydrogen-bond acceptors (Lipinski definition) is 4. The first-order valence-electron chi connectivity index (χ1n) is 4.78. The molecule has 0 amide bonds. The van der Waals surface area contributed by atoms with Crippen molar-refractivity contribution in [3.8, 4) is 0 Å². The normalized spacial score (nSPS) is 13.0. The summed E-state index contributed by atoms with van der Waals surface area (Å²) in [5.41, 5.74) is 2.22. The van der Waals surface area contributed by atoms with Crippen LogP contribution in [0.1, 0.15) is 22.3 Å². The molecule has 5 heteroatoms. The molecule has 0 aliphatic rings. The Kier molecular flexibility index (Phi) is 2.83. The van der Waals surface area contributed by atoms with E-state index in [9.17, 15) is 0 Å². The second-order valence-electron chi connectivity index (χ2n) is 3.50. The van der Waals surface area contributed by atoms with Crippen LogP contribution < -0.4 is 5.32 Å². The molecule has 15 heavy (non-hydrogen) atoms. The highest BCUT2D eigenvalue weighted by Gasteiger charge is 2.16. The van der Waals surface area contributed by atoms with Crippen LogP contribution in [0.4, 0.5) is 0 Å². The minimum Gasteiger partial charge on any atom is -0.307 e. The summed E-state index contributed by atoms with van der Waals surface area (Å²) < 4.78 is 1.81. The topological polar surface area (TPSA) is 42.7 Å². The van der Waals surface area contributed by atoms with Crippen molar-refractivity contribution in [2.45, 2.75) is 13.0 Å². The van der Waals surface area contributed by atoms with Crippen LogP contribution in [0, 0.1) is 6.92 Å². The minimum absolute atomic E-state index is 0.150. The van der Waals surface area contributed by atoms with E-state index in [1.165, 1.54) is 0 Å². The Bertz CT molecular complexity index is 405. The molecule has 80 valence electrons. The van der Waals surface area contributed by atoms with Gasteiger partial charge in [-0.15, -0.1) is 11.3 Å². The van der Waals surface area contributed by atoms with E-state index in [2.05, 4.69) is 20.8 Å². The molecule has 0 aliphatic carbocycles. The van der Waals surface area contributed by atoms with E-state index in [0.29, 0.717) is 0 Å². The molecular formula is C10H14N4S. The van der Waals surface area contributed by atoms with Crippen molar-refractivity contribution in [2.75, 3.05) is 7.05 Å². The molecule has 4 nitrogen and oxygen atoms in total. The van der Waals surface area contributed by atoms with E-state index < -0.39 is 0 Å². The first kappa shape index (κ1) is 10.3. The Morgan fingerprint density at radius 3 is 2.80 bits per heavy atom. The number of hydrogen-bond donors (Lipinski definition) is 1. The fraction of sp³-hybridized carbons (Fsp3) is 0.400. The molecule has 2 heterocycles. The predicted molar refractivity (Wildman–Crippen MR) is 61.0 cm³/mol. The van der Waals surface area contributed by atoms with Gasteiger partial charge in [0.05, 0.1) is 12.2 Å². The van der Waals surface area contributed by atoms with E-state index in [0.717, 1.165) is 16.3 Å². The van der Waals surface area contributed by atoms with Gasteiger partial charge in [-0.05, 0) is 14.0 Å². The van der Waals surface area contributed by atoms with Gasteiger partial charge in [-0.3, -0.25) is 4.68 Å². The zero-order valence-electron chi connectivity index (χ0n) is 9.06. The largest absolute Gasteiger partial charge is 0.307 e. The number of rotatable bonds is 3. The lowest BCUT2D eigenvalue weighted by atomic mass is 10.2. The van der Waals surface area contributed by atoms with Crippen LogP contribution in [0.5, 0.6) is 0 Å². The summed E-state index contributed by atoms with van der Waals surface area (Å²) >= 11 is 1.68. The fourth-order valence-electron chi connectivity index (χ4n) is 1.53. The third-order valence-electron chi connectivity index (χ3n) is 2.23. The minimum atomic E-state index is 0.150. The SMILES string of the molecule is CNC(c1cnn(C)c1)c1nc(C)cs1. The average Bonchev–Trinajstić information content (AvgIpc) is 2.78. The van der Waals surface area contributed by atoms with E-state index in [1.807, 2.05) is 33.4 Å². The van der Waals surface area contributed by atoms with E-state index in [4.69, 9.17) is 0 Å². The lowest BCUT2D eigenvalue weighted by Gasteiger charge is -2.10. The van der Waals surface area contributed by atoms with Crippen LogP contribution >= 0.6 is 11.3 Å². The molecule has 1 atom stereocenters. The highest BCUT2D eigenvalue weighted by Crippen LogP contribution is 2.23. The fourth-order valence-corrected chi connectivity index (χ4v) is 2.46. The highest BCUT2D eigenvalue weighted by atomic mass is 32.1. The summed E-state index contributed by atoms with van der Waals surface area (Å²) in [6, 6.07) is 0.150. The summed E-state index contributed by atoms with van der Waals surface area (Å²) in [5, 5.41) is 10.6. The number of aryl methyl sites for hydroxylation is 2. The number of nitrogens with one attached hydrogen (secondary N) is 1. The standard InChI is InChI=1S/C10H14N4S/c1-7-6-15-10(13-7)9(11-2)8-4-12-14(3)5-8/h4-6,9,11H,1-3H3. The zero-order chi connectivity index (χ0) is 10.8. The number of aromatic nitrogens is 3. The molecular weight excluding hydrogens is 208 g/mol. The zero-order valence-corrected chi connectivity index (χ0v) is 9.88. The Morgan fingerprint density at radius 1 is 1.53 bits per heavy atom. The van der Waals surface area contributed by atoms with Crippen LogP contribution in [-0.4, -0.2) is 21.8 Å². The maximum absolute atomic E-state index is 4.49. The molecule has 2 aromatic heterocycles. The van der Waals surface area contributed by atoms with E-state index in [1.54, 1.807) is 16.0 Å². The van der Waals surface area contributed by atoms with Gasteiger partial charge < -0.3 is 5.32 Å². The molecule has 0 spiro atoms. The quantitative estimate of drug-likeness (QED) is 0.855. The van der Waals surface area contributed by atoms with Gasteiger partial charge >= 0.3 is 0 Å². The summed E-state index contributed by atoms with van der Waals surface area (Å²) in [6.07, 6.45) is 3.88. The third-order valence-corrected chi connectivity index (χ3v) is 3.26. The average molecular weight is 222 g/mol. The van der Waals surface area contributed by atoms with Gasteiger partial charge in [-0.25, -0.2) is 4.98 Å². The Morgan fingerprint density at radius 2 is 2.33 bits per heavy atom. The molecule has 0 saturated carbocycles. The van der Waals surface area contributed by atoms with Crippen LogP contribution in [0.25, 0.3) is 0 Å². The monoisotopic (exact) mass is 222 g/mol. The Balaban J connectivity index is 2.32. The van der Waals surface area contributed by atoms with Gasteiger partial charge in [-0.2, -0.15) is 5.10 Å². The lowest BCUT2D eigenvalue weighted by molar-refractivity contribution is 0.683. The van der Waals surface area contributed by atoms with Gasteiger partial charge in [0, 0.05) is 29.9 Å². The molecule has 0 aromatic carbocycles. The molecule has 0 bridgehead atoms. The molecule has 0 radical (unpaired) electrons. The smallest absolute Gasteiger partial charge is 0.114 e. The van der Waals surface area contributed by atoms with E-state index >= 15 is 0 Å². The van der Waals surface area contributed by atoms with Crippen molar-refractivity contribution in [1.82, 2.24) is 20.1 Å². The lowest BCUT2D eigenvalue weighted by Crippen LogP contribution is -2.16. The second kappa shape index (κ2) is 4.12. The van der Waals surface area contributed by atoms with Crippen LogP contribution in [0.3, 0.4) is 0 Å². The van der Waals surface area contributed by atoms with Gasteiger partial charge in [0.15, 0.2) is 0 Å². The van der Waals surface area contributed by atoms with Crippen molar-refractivity contribution in [2.24, 2.45) is 7.05 Å². The molecule has 0 aliphatic heterocycles. The van der Waals surface area contributed by atoms with Crippen molar-refractivity contribution in [3.63, 3.8) is 0 Å². The molecule has 2 aromatic rings. The van der Waals surface area contributed by atoms with Gasteiger partial charge in [-0.1, -0.05) is 0 Å². The van der Waals surface area contributed by atoms with Crippen molar-refractivity contribution in [3.05, 3.63) is 34.0 Å². The van der Waals surface area contributed by atoms with Crippen molar-refractivity contribution in [1.29, 1.82) is 0 Å².